The zero-order valence-electron chi connectivity index (χ0n) is 13.5. The van der Waals surface area contributed by atoms with E-state index in [9.17, 15) is 9.18 Å². The summed E-state index contributed by atoms with van der Waals surface area (Å²) in [4.78, 5) is 16.9. The number of nitrogens with two attached hydrogens (primary N) is 1. The van der Waals surface area contributed by atoms with Gasteiger partial charge in [-0.25, -0.2) is 9.38 Å². The number of aromatic amines is 1. The highest BCUT2D eigenvalue weighted by molar-refractivity contribution is 6.49. The minimum atomic E-state index is -0.764. The van der Waals surface area contributed by atoms with Crippen molar-refractivity contribution in [3.8, 4) is 6.07 Å². The molecule has 1 aliphatic rings. The van der Waals surface area contributed by atoms with Gasteiger partial charge in [0.05, 0.1) is 18.9 Å². The van der Waals surface area contributed by atoms with Crippen LogP contribution in [0.25, 0.3) is 0 Å². The Morgan fingerprint density at radius 3 is 2.85 bits per heavy atom. The summed E-state index contributed by atoms with van der Waals surface area (Å²) in [5.41, 5.74) is 6.21. The molecule has 0 atom stereocenters. The molecule has 132 valence electrons. The summed E-state index contributed by atoms with van der Waals surface area (Å²) in [5, 5.41) is 15.0. The lowest BCUT2D eigenvalue weighted by Gasteiger charge is -2.12. The zero-order valence-corrected chi connectivity index (χ0v) is 13.5. The number of aliphatic imine (C=N–C) groups is 1. The molecule has 0 spiro atoms. The van der Waals surface area contributed by atoms with E-state index >= 15 is 0 Å². The van der Waals surface area contributed by atoms with Gasteiger partial charge in [0.1, 0.15) is 23.3 Å². The van der Waals surface area contributed by atoms with E-state index in [2.05, 4.69) is 15.2 Å². The number of rotatable bonds is 5. The number of carbonyl (C=O) groups excluding carboxylic acids is 1. The Morgan fingerprint density at radius 2 is 2.19 bits per heavy atom. The second-order valence-corrected chi connectivity index (χ2v) is 5.24. The average Bonchev–Trinajstić information content (AvgIpc) is 3.33. The van der Waals surface area contributed by atoms with Crippen LogP contribution in [0.3, 0.4) is 0 Å². The van der Waals surface area contributed by atoms with Gasteiger partial charge in [-0.3, -0.25) is 9.89 Å². The minimum absolute atomic E-state index is 0.0218. The molecule has 8 nitrogen and oxygen atoms in total. The molecule has 0 amide bonds. The second-order valence-electron chi connectivity index (χ2n) is 5.24. The van der Waals surface area contributed by atoms with Crippen molar-refractivity contribution in [2.75, 3.05) is 13.2 Å². The van der Waals surface area contributed by atoms with Gasteiger partial charge < -0.3 is 15.2 Å². The molecule has 3 rings (SSSR count). The summed E-state index contributed by atoms with van der Waals surface area (Å²) in [5.74, 6) is -1.00. The van der Waals surface area contributed by atoms with Crippen molar-refractivity contribution in [1.29, 1.82) is 5.26 Å². The maximum Gasteiger partial charge on any atom is 0.229 e. The van der Waals surface area contributed by atoms with Gasteiger partial charge in [-0.2, -0.15) is 10.4 Å². The normalized spacial score (nSPS) is 15.5. The number of ether oxygens (including phenoxy) is 2. The highest BCUT2D eigenvalue weighted by Crippen LogP contribution is 2.32. The molecule has 1 saturated heterocycles. The van der Waals surface area contributed by atoms with Crippen LogP contribution in [0.5, 0.6) is 0 Å². The first-order valence-corrected chi connectivity index (χ1v) is 7.62. The third-order valence-electron chi connectivity index (χ3n) is 3.53. The number of hydrogen-bond acceptors (Lipinski definition) is 7. The van der Waals surface area contributed by atoms with Gasteiger partial charge in [-0.05, 0) is 30.5 Å². The fourth-order valence-corrected chi connectivity index (χ4v) is 2.37. The molecule has 0 unspecified atom stereocenters. The number of carbonyl (C=O) groups is 1. The fourth-order valence-electron chi connectivity index (χ4n) is 2.37. The number of aromatic nitrogens is 2. The van der Waals surface area contributed by atoms with Crippen LogP contribution in [0.2, 0.25) is 0 Å². The molecule has 1 aromatic heterocycles. The van der Waals surface area contributed by atoms with Crippen molar-refractivity contribution in [3.63, 3.8) is 0 Å². The second kappa shape index (κ2) is 7.69. The minimum Gasteiger partial charge on any atom is -0.405 e. The lowest BCUT2D eigenvalue weighted by Crippen LogP contribution is -2.13. The predicted molar refractivity (Wildman–Crippen MR) is 89.1 cm³/mol. The molecule has 1 aromatic carbocycles. The Kier molecular flexibility index (Phi) is 5.17. The summed E-state index contributed by atoms with van der Waals surface area (Å²) in [6, 6.07) is 7.00. The number of H-pyrrole nitrogens is 1. The summed E-state index contributed by atoms with van der Waals surface area (Å²) in [7, 11) is 0. The largest absolute Gasteiger partial charge is 0.405 e. The Bertz CT molecular complexity index is 923. The number of nitrogens with one attached hydrogen (secondary N) is 1. The summed E-state index contributed by atoms with van der Waals surface area (Å²) in [6.45, 7) is 0.758. The van der Waals surface area contributed by atoms with Gasteiger partial charge in [-0.1, -0.05) is 0 Å². The van der Waals surface area contributed by atoms with Crippen LogP contribution in [0.1, 0.15) is 28.0 Å². The SMILES string of the molecule is N#Cc1cc(C(=O)C(C=CN)=Nc2ccc(F)cc2C2OCCO2)[nH]n1. The topological polar surface area (TPSA) is 126 Å². The van der Waals surface area contributed by atoms with Gasteiger partial charge in [0.25, 0.3) is 0 Å². The lowest BCUT2D eigenvalue weighted by molar-refractivity contribution is -0.0438. The van der Waals surface area contributed by atoms with E-state index in [1.54, 1.807) is 0 Å². The molecule has 1 aliphatic heterocycles. The summed E-state index contributed by atoms with van der Waals surface area (Å²) < 4.78 is 24.4. The molecule has 1 fully saturated rings. The van der Waals surface area contributed by atoms with Crippen LogP contribution in [-0.2, 0) is 9.47 Å². The van der Waals surface area contributed by atoms with E-state index in [1.807, 2.05) is 6.07 Å². The molecule has 2 aromatic rings. The molecule has 26 heavy (non-hydrogen) atoms. The molecular formula is C17H14FN5O3. The highest BCUT2D eigenvalue weighted by atomic mass is 19.1. The Labute approximate surface area is 147 Å². The number of allylic oxidation sites excluding steroid dienone is 1. The van der Waals surface area contributed by atoms with E-state index in [0.717, 1.165) is 6.20 Å². The van der Waals surface area contributed by atoms with Gasteiger partial charge >= 0.3 is 0 Å². The smallest absolute Gasteiger partial charge is 0.229 e. The molecule has 0 radical (unpaired) electrons. The molecule has 0 saturated carbocycles. The third kappa shape index (κ3) is 3.66. The van der Waals surface area contributed by atoms with E-state index in [0.29, 0.717) is 24.5 Å². The van der Waals surface area contributed by atoms with E-state index < -0.39 is 17.9 Å². The van der Waals surface area contributed by atoms with Crippen molar-refractivity contribution in [3.05, 3.63) is 59.3 Å². The van der Waals surface area contributed by atoms with E-state index in [-0.39, 0.29) is 17.1 Å². The number of Topliss-reactive ketones (excluding diaryl/α,β-unsaturated/α-hetero) is 1. The van der Waals surface area contributed by atoms with Gasteiger partial charge in [0, 0.05) is 11.6 Å². The summed E-state index contributed by atoms with van der Waals surface area (Å²) >= 11 is 0. The monoisotopic (exact) mass is 355 g/mol. The summed E-state index contributed by atoms with van der Waals surface area (Å²) in [6.07, 6.45) is 1.70. The van der Waals surface area contributed by atoms with Crippen molar-refractivity contribution in [2.24, 2.45) is 10.7 Å². The maximum absolute atomic E-state index is 13.6. The first kappa shape index (κ1) is 17.5. The quantitative estimate of drug-likeness (QED) is 0.623. The van der Waals surface area contributed by atoms with Crippen molar-refractivity contribution >= 4 is 17.2 Å². The van der Waals surface area contributed by atoms with Crippen molar-refractivity contribution in [2.45, 2.75) is 6.29 Å². The molecule has 0 bridgehead atoms. The maximum atomic E-state index is 13.6. The zero-order chi connectivity index (χ0) is 18.5. The predicted octanol–water partition coefficient (Wildman–Crippen LogP) is 1.89. The number of nitriles is 1. The van der Waals surface area contributed by atoms with E-state index in [1.165, 1.54) is 30.3 Å². The molecule has 2 heterocycles. The third-order valence-corrected chi connectivity index (χ3v) is 3.53. The lowest BCUT2D eigenvalue weighted by atomic mass is 10.1. The van der Waals surface area contributed by atoms with Crippen LogP contribution in [-0.4, -0.2) is 34.9 Å². The van der Waals surface area contributed by atoms with Crippen molar-refractivity contribution in [1.82, 2.24) is 10.2 Å². The molecule has 0 aliphatic carbocycles. The first-order valence-electron chi connectivity index (χ1n) is 7.62. The van der Waals surface area contributed by atoms with Crippen LogP contribution < -0.4 is 5.73 Å². The highest BCUT2D eigenvalue weighted by Gasteiger charge is 2.23. The van der Waals surface area contributed by atoms with Gasteiger partial charge in [0.2, 0.25) is 5.78 Å². The van der Waals surface area contributed by atoms with Crippen LogP contribution >= 0.6 is 0 Å². The Hall–Kier alpha value is -3.35. The number of ketones is 1. The molecule has 3 N–H and O–H groups in total. The molecular weight excluding hydrogens is 341 g/mol. The van der Waals surface area contributed by atoms with Crippen molar-refractivity contribution < 1.29 is 18.7 Å². The first-order chi connectivity index (χ1) is 12.6. The van der Waals surface area contributed by atoms with E-state index in [4.69, 9.17) is 20.5 Å². The van der Waals surface area contributed by atoms with Gasteiger partial charge in [-0.15, -0.1) is 0 Å². The average molecular weight is 355 g/mol. The number of benzene rings is 1. The number of nitrogens with zero attached hydrogens (tertiary/aromatic N) is 3. The number of halogens is 1. The van der Waals surface area contributed by atoms with Crippen LogP contribution in [0, 0.1) is 17.1 Å². The fraction of sp³-hybridized carbons (Fsp3) is 0.176. The Morgan fingerprint density at radius 1 is 1.42 bits per heavy atom. The van der Waals surface area contributed by atoms with Crippen LogP contribution in [0.15, 0.2) is 41.5 Å². The Balaban J connectivity index is 2.01. The van der Waals surface area contributed by atoms with Crippen LogP contribution in [0.4, 0.5) is 10.1 Å². The van der Waals surface area contributed by atoms with Gasteiger partial charge in [0.15, 0.2) is 12.0 Å². The standard InChI is InChI=1S/C17H14FN5O3/c18-10-1-2-13(12(7-10)17-25-5-6-26-17)21-14(3-4-19)16(24)15-8-11(9-20)22-23-15/h1-4,7-8,17H,5-6,19H2,(H,22,23). The molecule has 9 heteroatoms. The number of hydrogen-bond donors (Lipinski definition) is 2.